The molecule has 0 radical (unpaired) electrons. The fourth-order valence-electron chi connectivity index (χ4n) is 3.58. The number of likely N-dealkylation sites (tertiary alicyclic amines) is 1. The summed E-state index contributed by atoms with van der Waals surface area (Å²) in [7, 11) is 0. The smallest absolute Gasteiger partial charge is 0.317 e. The lowest BCUT2D eigenvalue weighted by atomic mass is 9.88. The summed E-state index contributed by atoms with van der Waals surface area (Å²) in [5.74, 6) is -0.408. The van der Waals surface area contributed by atoms with Gasteiger partial charge in [-0.15, -0.1) is 0 Å². The molecule has 1 aromatic carbocycles. The van der Waals surface area contributed by atoms with Gasteiger partial charge < -0.3 is 20.9 Å². The number of urea groups is 1. The molecule has 0 unspecified atom stereocenters. The lowest BCUT2D eigenvalue weighted by Gasteiger charge is -2.36. The van der Waals surface area contributed by atoms with Crippen molar-refractivity contribution in [3.63, 3.8) is 0 Å². The summed E-state index contributed by atoms with van der Waals surface area (Å²) in [5, 5.41) is 8.79. The number of nitrogens with zero attached hydrogens (tertiary/aromatic N) is 1. The third kappa shape index (κ3) is 6.21. The number of carbonyl (C=O) groups excluding carboxylic acids is 3. The molecule has 0 bridgehead atoms. The summed E-state index contributed by atoms with van der Waals surface area (Å²) in [6.45, 7) is 9.47. The fraction of sp³-hybridized carbons (Fsp3) is 0.591. The van der Waals surface area contributed by atoms with Crippen LogP contribution >= 0.6 is 0 Å². The highest BCUT2D eigenvalue weighted by Gasteiger charge is 2.34. The summed E-state index contributed by atoms with van der Waals surface area (Å²) in [6.07, 6.45) is 2.16. The molecule has 1 aliphatic rings. The van der Waals surface area contributed by atoms with Gasteiger partial charge in [0.1, 0.15) is 6.04 Å². The number of nitrogens with one attached hydrogen (secondary N) is 3. The van der Waals surface area contributed by atoms with Crippen molar-refractivity contribution in [2.24, 2.45) is 5.92 Å². The summed E-state index contributed by atoms with van der Waals surface area (Å²) in [5.41, 5.74) is 1.45. The van der Waals surface area contributed by atoms with Crippen LogP contribution < -0.4 is 16.0 Å². The lowest BCUT2D eigenvalue weighted by molar-refractivity contribution is -0.125. The van der Waals surface area contributed by atoms with Crippen LogP contribution in [0, 0.1) is 12.8 Å². The topological polar surface area (TPSA) is 90.5 Å². The normalized spacial score (nSPS) is 16.6. The molecule has 0 aromatic heterocycles. The third-order valence-electron chi connectivity index (χ3n) is 5.59. The second kappa shape index (κ2) is 10.8. The van der Waals surface area contributed by atoms with Gasteiger partial charge in [0.05, 0.1) is 0 Å². The first-order chi connectivity index (χ1) is 13.9. The van der Waals surface area contributed by atoms with E-state index in [-0.39, 0.29) is 29.8 Å². The number of benzene rings is 1. The molecule has 2 rings (SSSR count). The van der Waals surface area contributed by atoms with E-state index in [0.29, 0.717) is 38.0 Å². The maximum absolute atomic E-state index is 13.0. The number of rotatable bonds is 7. The van der Waals surface area contributed by atoms with Crippen LogP contribution in [0.1, 0.15) is 56.0 Å². The molecular weight excluding hydrogens is 368 g/mol. The Morgan fingerprint density at radius 2 is 1.76 bits per heavy atom. The van der Waals surface area contributed by atoms with Gasteiger partial charge >= 0.3 is 6.03 Å². The van der Waals surface area contributed by atoms with Crippen molar-refractivity contribution in [2.45, 2.75) is 59.0 Å². The van der Waals surface area contributed by atoms with Crippen LogP contribution in [-0.4, -0.2) is 54.5 Å². The minimum absolute atomic E-state index is 0.0160. The Labute approximate surface area is 173 Å². The van der Waals surface area contributed by atoms with Crippen molar-refractivity contribution >= 4 is 17.8 Å². The zero-order chi connectivity index (χ0) is 21.4. The second-order valence-corrected chi connectivity index (χ2v) is 7.74. The van der Waals surface area contributed by atoms with E-state index in [0.717, 1.165) is 12.0 Å². The molecule has 1 heterocycles. The molecule has 1 aromatic rings. The molecule has 2 atom stereocenters. The van der Waals surface area contributed by atoms with E-state index >= 15 is 0 Å². The van der Waals surface area contributed by atoms with Crippen molar-refractivity contribution in [1.29, 1.82) is 0 Å². The minimum Gasteiger partial charge on any atom is -0.352 e. The fourth-order valence-corrected chi connectivity index (χ4v) is 3.58. The van der Waals surface area contributed by atoms with Gasteiger partial charge in [-0.05, 0) is 57.6 Å². The SMILES string of the molecule is CCNC(=O)N1CCC([C@H](NC(=O)c2ccccc2C)C(=O)N[C@H](C)CC)CC1. The number of aryl methyl sites for hydroxylation is 1. The molecule has 3 N–H and O–H groups in total. The van der Waals surface area contributed by atoms with Crippen LogP contribution in [0.2, 0.25) is 0 Å². The Morgan fingerprint density at radius 1 is 1.10 bits per heavy atom. The van der Waals surface area contributed by atoms with Crippen molar-refractivity contribution in [3.05, 3.63) is 35.4 Å². The van der Waals surface area contributed by atoms with E-state index < -0.39 is 6.04 Å². The Kier molecular flexibility index (Phi) is 8.49. The molecular formula is C22H34N4O3. The maximum Gasteiger partial charge on any atom is 0.317 e. The molecule has 1 aliphatic heterocycles. The van der Waals surface area contributed by atoms with Crippen LogP contribution in [0.4, 0.5) is 4.79 Å². The van der Waals surface area contributed by atoms with E-state index in [9.17, 15) is 14.4 Å². The predicted molar refractivity (Wildman–Crippen MR) is 114 cm³/mol. The predicted octanol–water partition coefficient (Wildman–Crippen LogP) is 2.45. The number of hydrogen-bond donors (Lipinski definition) is 3. The molecule has 1 saturated heterocycles. The van der Waals surface area contributed by atoms with E-state index in [4.69, 9.17) is 0 Å². The first-order valence-corrected chi connectivity index (χ1v) is 10.6. The van der Waals surface area contributed by atoms with Gasteiger partial charge in [0.2, 0.25) is 5.91 Å². The Balaban J connectivity index is 2.11. The molecule has 1 fully saturated rings. The van der Waals surface area contributed by atoms with Crippen molar-refractivity contribution in [1.82, 2.24) is 20.9 Å². The number of hydrogen-bond acceptors (Lipinski definition) is 3. The summed E-state index contributed by atoms with van der Waals surface area (Å²) >= 11 is 0. The van der Waals surface area contributed by atoms with Crippen molar-refractivity contribution < 1.29 is 14.4 Å². The Hall–Kier alpha value is -2.57. The highest BCUT2D eigenvalue weighted by atomic mass is 16.2. The molecule has 160 valence electrons. The summed E-state index contributed by atoms with van der Waals surface area (Å²) in [6, 6.07) is 6.70. The standard InChI is InChI=1S/C22H34N4O3/c1-5-16(4)24-21(28)19(25-20(27)18-10-8-7-9-15(18)3)17-11-13-26(14-12-17)22(29)23-6-2/h7-10,16-17,19H,5-6,11-14H2,1-4H3,(H,23,29)(H,24,28)(H,25,27)/t16-,19+/m1/s1. The molecule has 7 heteroatoms. The van der Waals surface area contributed by atoms with Crippen molar-refractivity contribution in [3.8, 4) is 0 Å². The largest absolute Gasteiger partial charge is 0.352 e. The monoisotopic (exact) mass is 402 g/mol. The maximum atomic E-state index is 13.0. The second-order valence-electron chi connectivity index (χ2n) is 7.74. The summed E-state index contributed by atoms with van der Waals surface area (Å²) < 4.78 is 0. The molecule has 0 saturated carbocycles. The van der Waals surface area contributed by atoms with Crippen LogP contribution in [-0.2, 0) is 4.79 Å². The van der Waals surface area contributed by atoms with Gasteiger partial charge in [0.15, 0.2) is 0 Å². The van der Waals surface area contributed by atoms with Gasteiger partial charge in [-0.25, -0.2) is 4.79 Å². The zero-order valence-electron chi connectivity index (χ0n) is 18.0. The number of piperidine rings is 1. The van der Waals surface area contributed by atoms with E-state index in [1.165, 1.54) is 0 Å². The van der Waals surface area contributed by atoms with Gasteiger partial charge in [-0.2, -0.15) is 0 Å². The molecule has 29 heavy (non-hydrogen) atoms. The minimum atomic E-state index is -0.618. The highest BCUT2D eigenvalue weighted by molar-refractivity contribution is 5.98. The third-order valence-corrected chi connectivity index (χ3v) is 5.59. The highest BCUT2D eigenvalue weighted by Crippen LogP contribution is 2.22. The molecule has 0 spiro atoms. The molecule has 0 aliphatic carbocycles. The quantitative estimate of drug-likeness (QED) is 0.654. The zero-order valence-corrected chi connectivity index (χ0v) is 18.0. The average Bonchev–Trinajstić information content (AvgIpc) is 2.72. The molecule has 7 nitrogen and oxygen atoms in total. The summed E-state index contributed by atoms with van der Waals surface area (Å²) in [4.78, 5) is 39.7. The van der Waals surface area contributed by atoms with Crippen LogP contribution in [0.5, 0.6) is 0 Å². The van der Waals surface area contributed by atoms with Gasteiger partial charge in [-0.3, -0.25) is 9.59 Å². The first kappa shape index (κ1) is 22.7. The van der Waals surface area contributed by atoms with Crippen molar-refractivity contribution in [2.75, 3.05) is 19.6 Å². The Morgan fingerprint density at radius 3 is 2.34 bits per heavy atom. The van der Waals surface area contributed by atoms with Crippen LogP contribution in [0.25, 0.3) is 0 Å². The van der Waals surface area contributed by atoms with Gasteiger partial charge in [0.25, 0.3) is 5.91 Å². The van der Waals surface area contributed by atoms with Gasteiger partial charge in [0, 0.05) is 31.2 Å². The van der Waals surface area contributed by atoms with Crippen LogP contribution in [0.3, 0.4) is 0 Å². The molecule has 4 amide bonds. The van der Waals surface area contributed by atoms with Crippen LogP contribution in [0.15, 0.2) is 24.3 Å². The average molecular weight is 403 g/mol. The number of carbonyl (C=O) groups is 3. The Bertz CT molecular complexity index is 714. The van der Waals surface area contributed by atoms with E-state index in [1.807, 2.05) is 45.9 Å². The number of amides is 4. The van der Waals surface area contributed by atoms with E-state index in [1.54, 1.807) is 11.0 Å². The first-order valence-electron chi connectivity index (χ1n) is 10.6. The van der Waals surface area contributed by atoms with Gasteiger partial charge in [-0.1, -0.05) is 25.1 Å². The van der Waals surface area contributed by atoms with E-state index in [2.05, 4.69) is 16.0 Å². The lowest BCUT2D eigenvalue weighted by Crippen LogP contribution is -2.55.